The number of unbranched alkanes of at least 4 members (excludes halogenated alkanes) is 1. The highest BCUT2D eigenvalue weighted by Gasteiger charge is 2.22. The fourth-order valence-electron chi connectivity index (χ4n) is 3.58. The van der Waals surface area contributed by atoms with Crippen molar-refractivity contribution in [2.75, 3.05) is 20.3 Å². The summed E-state index contributed by atoms with van der Waals surface area (Å²) in [7, 11) is 1.65. The van der Waals surface area contributed by atoms with Crippen LogP contribution < -0.4 is 16.0 Å². The Balaban J connectivity index is 2.95. The highest BCUT2D eigenvalue weighted by Crippen LogP contribution is 2.18. The number of nitrogens with one attached hydrogen (secondary N) is 3. The third kappa shape index (κ3) is 11.8. The molecule has 0 bridgehead atoms. The third-order valence-corrected chi connectivity index (χ3v) is 5.53. The molecule has 0 aliphatic rings. The fourth-order valence-corrected chi connectivity index (χ4v) is 3.58. The maximum atomic E-state index is 12.5. The molecular formula is C28H45N3O2. The summed E-state index contributed by atoms with van der Waals surface area (Å²) in [5, 5.41) is 10.1. The first-order chi connectivity index (χ1) is 15.8. The number of rotatable bonds is 18. The highest BCUT2D eigenvalue weighted by molar-refractivity contribution is 5.76. The van der Waals surface area contributed by atoms with Gasteiger partial charge in [-0.1, -0.05) is 77.3 Å². The summed E-state index contributed by atoms with van der Waals surface area (Å²) in [6.07, 6.45) is 4.91. The minimum atomic E-state index is -0.160. The lowest BCUT2D eigenvalue weighted by atomic mass is 9.95. The molecule has 184 valence electrons. The average molecular weight is 456 g/mol. The van der Waals surface area contributed by atoms with Gasteiger partial charge in [0.05, 0.1) is 12.1 Å². The third-order valence-electron chi connectivity index (χ3n) is 5.53. The Bertz CT molecular complexity index is 743. The van der Waals surface area contributed by atoms with Gasteiger partial charge in [-0.15, -0.1) is 0 Å². The molecular weight excluding hydrogens is 410 g/mol. The Morgan fingerprint density at radius 2 is 1.73 bits per heavy atom. The molecule has 3 N–H and O–H groups in total. The molecule has 0 saturated heterocycles. The van der Waals surface area contributed by atoms with Crippen molar-refractivity contribution in [2.24, 2.45) is 5.92 Å². The van der Waals surface area contributed by atoms with Gasteiger partial charge in [-0.05, 0) is 42.7 Å². The van der Waals surface area contributed by atoms with Crippen LogP contribution in [-0.2, 0) is 16.0 Å². The van der Waals surface area contributed by atoms with Gasteiger partial charge in [-0.2, -0.15) is 0 Å². The van der Waals surface area contributed by atoms with Crippen molar-refractivity contribution in [2.45, 2.75) is 71.4 Å². The molecule has 1 rings (SSSR count). The van der Waals surface area contributed by atoms with Crippen LogP contribution in [0.5, 0.6) is 0 Å². The van der Waals surface area contributed by atoms with E-state index in [4.69, 9.17) is 4.74 Å². The smallest absolute Gasteiger partial charge is 0.220 e. The maximum Gasteiger partial charge on any atom is 0.220 e. The molecule has 5 heteroatoms. The van der Waals surface area contributed by atoms with Crippen molar-refractivity contribution < 1.29 is 9.53 Å². The molecule has 1 aromatic rings. The van der Waals surface area contributed by atoms with E-state index in [0.29, 0.717) is 25.4 Å². The van der Waals surface area contributed by atoms with Crippen LogP contribution in [0.2, 0.25) is 0 Å². The monoisotopic (exact) mass is 455 g/mol. The second kappa shape index (κ2) is 16.1. The number of hydrogen-bond acceptors (Lipinski definition) is 4. The van der Waals surface area contributed by atoms with Crippen molar-refractivity contribution in [3.05, 3.63) is 72.6 Å². The predicted molar refractivity (Wildman–Crippen MR) is 140 cm³/mol. The molecule has 0 aromatic heterocycles. The molecule has 0 fully saturated rings. The number of ether oxygens (including phenoxy) is 1. The molecule has 0 spiro atoms. The molecule has 1 amide bonds. The topological polar surface area (TPSA) is 62.4 Å². The second-order valence-corrected chi connectivity index (χ2v) is 9.04. The molecule has 0 aliphatic heterocycles. The lowest BCUT2D eigenvalue weighted by molar-refractivity contribution is -0.122. The van der Waals surface area contributed by atoms with E-state index in [1.54, 1.807) is 7.11 Å². The van der Waals surface area contributed by atoms with Gasteiger partial charge in [0, 0.05) is 38.1 Å². The van der Waals surface area contributed by atoms with Gasteiger partial charge in [-0.3, -0.25) is 4.79 Å². The Morgan fingerprint density at radius 1 is 1.03 bits per heavy atom. The second-order valence-electron chi connectivity index (χ2n) is 9.04. The standard InChI is InChI=1S/C28H45N3O2/c1-8-9-17-29-23(5)22(4)26(20-25-14-11-10-12-15-25)30-24(6)27(19-21(2)3)31-28(32)16-13-18-33-7/h10-12,14-15,21,26-27,29-30H,4-6,8-9,13,16-20H2,1-3,7H3,(H,31,32)/t26-,27?/m0/s1. The summed E-state index contributed by atoms with van der Waals surface area (Å²) in [4.78, 5) is 12.5. The van der Waals surface area contributed by atoms with E-state index in [-0.39, 0.29) is 18.0 Å². The molecule has 0 heterocycles. The van der Waals surface area contributed by atoms with E-state index in [1.807, 2.05) is 18.2 Å². The number of methoxy groups -OCH3 is 1. The summed E-state index contributed by atoms with van der Waals surface area (Å²) < 4.78 is 5.07. The Kier molecular flexibility index (Phi) is 13.9. The number of amides is 1. The van der Waals surface area contributed by atoms with E-state index in [1.165, 1.54) is 5.56 Å². The summed E-state index contributed by atoms with van der Waals surface area (Å²) in [6.45, 7) is 20.8. The Hall–Kier alpha value is -2.53. The zero-order valence-corrected chi connectivity index (χ0v) is 21.2. The first kappa shape index (κ1) is 28.5. The molecule has 5 nitrogen and oxygen atoms in total. The Morgan fingerprint density at radius 3 is 2.33 bits per heavy atom. The van der Waals surface area contributed by atoms with Crippen molar-refractivity contribution in [1.82, 2.24) is 16.0 Å². The number of hydrogen-bond donors (Lipinski definition) is 3. The summed E-state index contributed by atoms with van der Waals surface area (Å²) in [6, 6.07) is 10.1. The predicted octanol–water partition coefficient (Wildman–Crippen LogP) is 5.12. The molecule has 0 aliphatic carbocycles. The van der Waals surface area contributed by atoms with Crippen LogP contribution >= 0.6 is 0 Å². The summed E-state index contributed by atoms with van der Waals surface area (Å²) >= 11 is 0. The van der Waals surface area contributed by atoms with Gasteiger partial charge in [0.15, 0.2) is 0 Å². The zero-order chi connectivity index (χ0) is 24.6. The van der Waals surface area contributed by atoms with Gasteiger partial charge in [0.2, 0.25) is 5.91 Å². The Labute approximate surface area is 201 Å². The molecule has 0 radical (unpaired) electrons. The van der Waals surface area contributed by atoms with E-state index in [0.717, 1.165) is 49.2 Å². The molecule has 33 heavy (non-hydrogen) atoms. The molecule has 1 aromatic carbocycles. The largest absolute Gasteiger partial charge is 0.385 e. The normalized spacial score (nSPS) is 12.6. The van der Waals surface area contributed by atoms with Crippen LogP contribution in [0.1, 0.15) is 58.4 Å². The van der Waals surface area contributed by atoms with E-state index in [9.17, 15) is 4.79 Å². The van der Waals surface area contributed by atoms with Crippen LogP contribution in [0.3, 0.4) is 0 Å². The van der Waals surface area contributed by atoms with E-state index < -0.39 is 0 Å². The van der Waals surface area contributed by atoms with Crippen LogP contribution in [-0.4, -0.2) is 38.3 Å². The molecule has 0 saturated carbocycles. The summed E-state index contributed by atoms with van der Waals surface area (Å²) in [5.41, 5.74) is 3.75. The van der Waals surface area contributed by atoms with Crippen molar-refractivity contribution in [3.63, 3.8) is 0 Å². The van der Waals surface area contributed by atoms with Crippen molar-refractivity contribution in [1.29, 1.82) is 0 Å². The first-order valence-electron chi connectivity index (χ1n) is 12.2. The van der Waals surface area contributed by atoms with Gasteiger partial charge >= 0.3 is 0 Å². The van der Waals surface area contributed by atoms with Crippen LogP contribution in [0.4, 0.5) is 0 Å². The molecule has 2 atom stereocenters. The van der Waals surface area contributed by atoms with Gasteiger partial charge < -0.3 is 20.7 Å². The van der Waals surface area contributed by atoms with Gasteiger partial charge in [0.25, 0.3) is 0 Å². The quantitative estimate of drug-likeness (QED) is 0.212. The van der Waals surface area contributed by atoms with Crippen molar-refractivity contribution in [3.8, 4) is 0 Å². The lowest BCUT2D eigenvalue weighted by Gasteiger charge is -2.30. The molecule has 1 unspecified atom stereocenters. The number of carbonyl (C=O) groups is 1. The van der Waals surface area contributed by atoms with Crippen LogP contribution in [0, 0.1) is 5.92 Å². The van der Waals surface area contributed by atoms with Gasteiger partial charge in [-0.25, -0.2) is 0 Å². The van der Waals surface area contributed by atoms with Crippen LogP contribution in [0.15, 0.2) is 67.0 Å². The number of benzene rings is 1. The zero-order valence-electron chi connectivity index (χ0n) is 21.2. The fraction of sp³-hybridized carbons (Fsp3) is 0.536. The van der Waals surface area contributed by atoms with E-state index >= 15 is 0 Å². The minimum absolute atomic E-state index is 0.0183. The average Bonchev–Trinajstić information content (AvgIpc) is 2.78. The van der Waals surface area contributed by atoms with Gasteiger partial charge in [0.1, 0.15) is 0 Å². The number of carbonyl (C=O) groups excluding carboxylic acids is 1. The van der Waals surface area contributed by atoms with Crippen molar-refractivity contribution >= 4 is 5.91 Å². The minimum Gasteiger partial charge on any atom is -0.385 e. The van der Waals surface area contributed by atoms with Crippen LogP contribution in [0.25, 0.3) is 0 Å². The maximum absolute atomic E-state index is 12.5. The SMILES string of the molecule is C=C(NCCCC)C(=C)[C@H](Cc1ccccc1)NC(=C)C(CC(C)C)NC(=O)CCCOC. The lowest BCUT2D eigenvalue weighted by Crippen LogP contribution is -2.45. The highest BCUT2D eigenvalue weighted by atomic mass is 16.5. The van der Waals surface area contributed by atoms with E-state index in [2.05, 4.69) is 68.6 Å². The first-order valence-corrected chi connectivity index (χ1v) is 12.2. The summed E-state index contributed by atoms with van der Waals surface area (Å²) in [5.74, 6) is 0.430.